The number of aromatic nitrogens is 4. The predicted octanol–water partition coefficient (Wildman–Crippen LogP) is 5.65. The van der Waals surface area contributed by atoms with Gasteiger partial charge in [-0.1, -0.05) is 83.5 Å². The summed E-state index contributed by atoms with van der Waals surface area (Å²) in [5.41, 5.74) is 2.71. The van der Waals surface area contributed by atoms with E-state index < -0.39 is 20.0 Å². The molecule has 0 bridgehead atoms. The van der Waals surface area contributed by atoms with Gasteiger partial charge in [-0.15, -0.1) is 0 Å². The summed E-state index contributed by atoms with van der Waals surface area (Å²) in [6.07, 6.45) is 4.71. The summed E-state index contributed by atoms with van der Waals surface area (Å²) in [7, 11) is -0.418. The molecule has 0 amide bonds. The van der Waals surface area contributed by atoms with E-state index >= 15 is 0 Å². The lowest BCUT2D eigenvalue weighted by Gasteiger charge is -2.54. The molecule has 0 aliphatic carbocycles. The Morgan fingerprint density at radius 1 is 0.577 bits per heavy atom. The van der Waals surface area contributed by atoms with Crippen LogP contribution in [0.2, 0.25) is 10.3 Å². The molecule has 3 aliphatic heterocycles. The maximum Gasteiger partial charge on any atom is 0.277 e. The Kier molecular flexibility index (Phi) is 14.3. The molecular weight excluding hydrogens is 1000 g/mol. The molecule has 0 radical (unpaired) electrons. The molecule has 5 heterocycles. The van der Waals surface area contributed by atoms with Gasteiger partial charge in [0.25, 0.3) is 20.0 Å². The monoisotopic (exact) mass is 1060 g/mol. The highest BCUT2D eigenvalue weighted by atomic mass is 35.5. The molecule has 9 rings (SSSR count). The van der Waals surface area contributed by atoms with Crippen LogP contribution in [0.5, 0.6) is 0 Å². The number of hydrogen-bond donors (Lipinski definition) is 2. The van der Waals surface area contributed by atoms with Crippen LogP contribution in [0, 0.1) is 6.92 Å². The van der Waals surface area contributed by atoms with Crippen LogP contribution in [0.3, 0.4) is 0 Å². The van der Waals surface area contributed by atoms with Crippen molar-refractivity contribution in [1.29, 1.82) is 0 Å². The molecule has 2 spiro atoms. The maximum absolute atomic E-state index is 13.7. The van der Waals surface area contributed by atoms with Crippen LogP contribution in [0.1, 0.15) is 17.0 Å². The zero-order valence-corrected chi connectivity index (χ0v) is 44.5. The van der Waals surface area contributed by atoms with E-state index in [1.807, 2.05) is 80.6 Å². The average molecular weight is 1060 g/mol. The fraction of sp³-hybridized carbons (Fsp3) is 0.375. The van der Waals surface area contributed by atoms with Crippen molar-refractivity contribution >= 4 is 112 Å². The molecule has 0 saturated carbocycles. The van der Waals surface area contributed by atoms with Crippen LogP contribution >= 0.6 is 35.0 Å². The first kappa shape index (κ1) is 50.4. The van der Waals surface area contributed by atoms with E-state index in [0.717, 1.165) is 110 Å². The number of nitrogens with one attached hydrogen (secondary N) is 2. The highest BCUT2D eigenvalue weighted by molar-refractivity contribution is 7.98. The number of hydrogen-bond acceptors (Lipinski definition) is 15. The number of thioether (sulfide) groups is 1. The van der Waals surface area contributed by atoms with Gasteiger partial charge in [0.2, 0.25) is 0 Å². The first-order valence-corrected chi connectivity index (χ1v) is 28.2. The van der Waals surface area contributed by atoms with E-state index in [1.54, 1.807) is 43.3 Å². The van der Waals surface area contributed by atoms with Crippen molar-refractivity contribution in [2.75, 3.05) is 133 Å². The van der Waals surface area contributed by atoms with Crippen LogP contribution < -0.4 is 29.3 Å². The number of quaternary nitrogens is 2. The quantitative estimate of drug-likeness (QED) is 0.0362. The second kappa shape index (κ2) is 20.2. The van der Waals surface area contributed by atoms with Gasteiger partial charge in [-0.3, -0.25) is 0 Å². The Morgan fingerprint density at radius 3 is 1.39 bits per heavy atom. The number of fused-ring (bicyclic) bond motifs is 2. The Bertz CT molecular complexity index is 3280. The summed E-state index contributed by atoms with van der Waals surface area (Å²) in [6.45, 7) is 12.6. The molecule has 71 heavy (non-hydrogen) atoms. The average Bonchev–Trinajstić information content (AvgIpc) is 3.35. The molecule has 18 nitrogen and oxygen atoms in total. The molecule has 6 aromatic rings. The summed E-state index contributed by atoms with van der Waals surface area (Å²) in [5.74, 6) is 1.76. The minimum Gasteiger partial charge on any atom is -0.377 e. The van der Waals surface area contributed by atoms with Crippen molar-refractivity contribution in [1.82, 2.24) is 29.6 Å². The van der Waals surface area contributed by atoms with E-state index in [1.165, 1.54) is 24.2 Å². The molecule has 23 heteroatoms. The fourth-order valence-corrected chi connectivity index (χ4v) is 13.0. The topological polar surface area (TPSA) is 182 Å². The lowest BCUT2D eigenvalue weighted by molar-refractivity contribution is -1.03. The minimum atomic E-state index is -4.05. The first-order valence-electron chi connectivity index (χ1n) is 23.3. The van der Waals surface area contributed by atoms with Crippen LogP contribution in [0.15, 0.2) is 97.9 Å². The molecule has 2 N–H and O–H groups in total. The number of halogens is 2. The van der Waals surface area contributed by atoms with Gasteiger partial charge in [0, 0.05) is 61.1 Å². The van der Waals surface area contributed by atoms with Gasteiger partial charge in [0.05, 0.1) is 85.7 Å². The number of hydrazone groups is 2. The summed E-state index contributed by atoms with van der Waals surface area (Å²) in [4.78, 5) is 31.9. The lowest BCUT2D eigenvalue weighted by atomic mass is 10.1. The third kappa shape index (κ3) is 10.3. The fourth-order valence-electron chi connectivity index (χ4n) is 10.1. The van der Waals surface area contributed by atoms with Crippen molar-refractivity contribution < 1.29 is 25.8 Å². The van der Waals surface area contributed by atoms with Crippen LogP contribution in [0.25, 0.3) is 21.5 Å². The van der Waals surface area contributed by atoms with Gasteiger partial charge >= 0.3 is 0 Å². The summed E-state index contributed by atoms with van der Waals surface area (Å²) >= 11 is 14.9. The first-order chi connectivity index (χ1) is 33.9. The van der Waals surface area contributed by atoms with Gasteiger partial charge in [-0.2, -0.15) is 27.0 Å². The largest absolute Gasteiger partial charge is 0.377 e. The molecule has 4 aromatic carbocycles. The molecule has 3 saturated heterocycles. The molecule has 3 fully saturated rings. The standard InChI is InChI=1S/C48H58Cl2N14O4S3/c1-33-53-44(49)38(31-51-57-70(65,66)42-17-9-11-34-36(42)13-7-15-40(34)59(2)3)46(54-33)61-19-23-63(24-20-61)27-29-64(30-28-63)25-21-62(22-26-64)47-39(45(50)55-48(56-47)69-6)32-52-58-71(67,68)43-18-10-12-35-37(43)14-8-16-41(35)60(4)5/h7-18,31-32,57-58H,19-30H2,1-6H3/q+2. The van der Waals surface area contributed by atoms with Crippen molar-refractivity contribution in [2.45, 2.75) is 21.9 Å². The zero-order valence-electron chi connectivity index (χ0n) is 40.5. The number of sulfonamides is 2. The number of nitrogens with zero attached hydrogens (tertiary/aromatic N) is 12. The third-order valence-electron chi connectivity index (χ3n) is 14.1. The van der Waals surface area contributed by atoms with Gasteiger partial charge < -0.3 is 28.6 Å². The van der Waals surface area contributed by atoms with Gasteiger partial charge in [-0.25, -0.2) is 29.6 Å². The van der Waals surface area contributed by atoms with Gasteiger partial charge in [0.15, 0.2) is 5.16 Å². The Morgan fingerprint density at radius 2 is 0.972 bits per heavy atom. The van der Waals surface area contributed by atoms with Crippen molar-refractivity contribution in [2.24, 2.45) is 10.2 Å². The van der Waals surface area contributed by atoms with Crippen LogP contribution in [-0.2, 0) is 20.0 Å². The van der Waals surface area contributed by atoms with E-state index in [-0.39, 0.29) is 20.1 Å². The highest BCUT2D eigenvalue weighted by Crippen LogP contribution is 2.34. The third-order valence-corrected chi connectivity index (χ3v) is 17.8. The Labute approximate surface area is 429 Å². The highest BCUT2D eigenvalue weighted by Gasteiger charge is 2.46. The summed E-state index contributed by atoms with van der Waals surface area (Å²) in [6, 6.07) is 21.6. The normalized spacial score (nSPS) is 17.2. The summed E-state index contributed by atoms with van der Waals surface area (Å²) < 4.78 is 56.7. The molecule has 0 atom stereocenters. The van der Waals surface area contributed by atoms with Crippen LogP contribution in [0.4, 0.5) is 23.0 Å². The van der Waals surface area contributed by atoms with E-state index in [2.05, 4.69) is 39.6 Å². The Hall–Kier alpha value is -5.55. The molecular formula is C48H58Cl2N14O4S3+2. The van der Waals surface area contributed by atoms with Crippen molar-refractivity contribution in [3.8, 4) is 0 Å². The second-order valence-electron chi connectivity index (χ2n) is 18.7. The number of anilines is 4. The SMILES string of the molecule is CSc1nc(Cl)c(C=NNS(=O)(=O)c2cccc3c(N(C)C)cccc23)c(N2CC[N+]3(CC2)CC[N+]2(CCN(c4nc(C)nc(Cl)c4C=NNS(=O)(=O)c4cccc5c(N(C)C)cccc45)CC2)CC3)n1. The van der Waals surface area contributed by atoms with Crippen LogP contribution in [-0.4, -0.2) is 171 Å². The second-order valence-corrected chi connectivity index (χ2v) is 23.5. The molecule has 2 aromatic heterocycles. The predicted molar refractivity (Wildman–Crippen MR) is 287 cm³/mol. The zero-order chi connectivity index (χ0) is 50.3. The number of aryl methyl sites for hydroxylation is 1. The smallest absolute Gasteiger partial charge is 0.277 e. The molecule has 0 unspecified atom stereocenters. The minimum absolute atomic E-state index is 0.122. The number of piperazine rings is 3. The molecule has 374 valence electrons. The van der Waals surface area contributed by atoms with Gasteiger partial charge in [0.1, 0.15) is 53.9 Å². The Balaban J connectivity index is 0.837. The maximum atomic E-state index is 13.7. The summed E-state index contributed by atoms with van der Waals surface area (Å²) in [5, 5.41) is 12.1. The lowest BCUT2D eigenvalue weighted by Crippen LogP contribution is -2.73. The van der Waals surface area contributed by atoms with E-state index in [4.69, 9.17) is 33.2 Å². The van der Waals surface area contributed by atoms with Crippen molar-refractivity contribution in [3.63, 3.8) is 0 Å². The molecule has 3 aliphatic rings. The number of benzene rings is 4. The van der Waals surface area contributed by atoms with E-state index in [0.29, 0.717) is 44.5 Å². The van der Waals surface area contributed by atoms with Crippen molar-refractivity contribution in [3.05, 3.63) is 100 Å². The van der Waals surface area contributed by atoms with Gasteiger partial charge in [-0.05, 0) is 37.4 Å². The van der Waals surface area contributed by atoms with E-state index in [9.17, 15) is 16.8 Å². The number of rotatable bonds is 13.